The molecule has 4 heterocycles. The Morgan fingerprint density at radius 1 is 0.635 bits per heavy atom. The molecule has 4 aromatic rings. The van der Waals surface area contributed by atoms with Crippen molar-refractivity contribution in [3.63, 3.8) is 0 Å². The molecule has 0 aliphatic carbocycles. The molecule has 11 nitrogen and oxygen atoms in total. The second-order valence-corrected chi connectivity index (χ2v) is 13.6. The number of nitrogens with zero attached hydrogens (tertiary/aromatic N) is 4. The molecule has 2 atom stereocenters. The van der Waals surface area contributed by atoms with Crippen molar-refractivity contribution in [2.75, 3.05) is 33.2 Å². The first-order valence-electron chi connectivity index (χ1n) is 17.7. The molecule has 4 aliphatic rings. The van der Waals surface area contributed by atoms with Gasteiger partial charge in [0.05, 0.1) is 62.0 Å². The van der Waals surface area contributed by atoms with Crippen molar-refractivity contribution in [3.05, 3.63) is 100 Å². The molecule has 4 aromatic carbocycles. The number of unbranched alkanes of at least 4 members (excludes halogenated alkanes) is 2. The summed E-state index contributed by atoms with van der Waals surface area (Å²) in [6.45, 7) is 1.94. The molecule has 2 N–H and O–H groups in total. The molecule has 0 aromatic heterocycles. The number of hydrogen-bond donors (Lipinski definition) is 1. The molecule has 0 saturated heterocycles. The summed E-state index contributed by atoms with van der Waals surface area (Å²) in [7, 11) is 3.15. The van der Waals surface area contributed by atoms with Gasteiger partial charge in [-0.05, 0) is 78.6 Å². The lowest BCUT2D eigenvalue weighted by atomic mass is 9.93. The van der Waals surface area contributed by atoms with Crippen molar-refractivity contribution >= 4 is 41.3 Å². The van der Waals surface area contributed by atoms with Crippen LogP contribution in [-0.2, 0) is 25.9 Å². The maximum Gasteiger partial charge on any atom is 0.257 e. The van der Waals surface area contributed by atoms with Crippen LogP contribution in [0.25, 0.3) is 0 Å². The smallest absolute Gasteiger partial charge is 0.257 e. The number of methoxy groups -OCH3 is 2. The van der Waals surface area contributed by atoms with Crippen molar-refractivity contribution in [2.24, 2.45) is 9.98 Å². The van der Waals surface area contributed by atoms with Crippen LogP contribution in [0.3, 0.4) is 0 Å². The number of ether oxygens (including phenoxy) is 4. The zero-order chi connectivity index (χ0) is 35.8. The van der Waals surface area contributed by atoms with Crippen LogP contribution in [0.4, 0.5) is 17.1 Å². The molecule has 266 valence electrons. The number of hydrogen-bond acceptors (Lipinski definition) is 9. The van der Waals surface area contributed by atoms with Crippen molar-refractivity contribution in [3.8, 4) is 23.0 Å². The van der Waals surface area contributed by atoms with Crippen LogP contribution in [0.15, 0.2) is 76.7 Å². The zero-order valence-electron chi connectivity index (χ0n) is 29.3. The average Bonchev–Trinajstić information content (AvgIpc) is 3.38. The molecule has 0 spiro atoms. The zero-order valence-corrected chi connectivity index (χ0v) is 29.3. The molecule has 4 aliphatic heterocycles. The van der Waals surface area contributed by atoms with E-state index < -0.39 is 0 Å². The predicted molar refractivity (Wildman–Crippen MR) is 199 cm³/mol. The largest absolute Gasteiger partial charge is 0.493 e. The van der Waals surface area contributed by atoms with Crippen LogP contribution < -0.4 is 24.7 Å². The standard InChI is InChI=1S/C41H41N5O6/c1-49-36-17-32-34(43-21-30-15-25-8-4-5-9-27(25)23-45(30)40(32)47)19-38(36)51-12-6-3-7-13-52-39-20-35-33(18-37(39)50-2)41(48)46-24-28-14-29(42)11-10-26(28)16-31(46)22-44-35/h4-5,8-11,14,17-22,30-31H,3,6-7,12-13,15-16,23-24,42H2,1-2H3/t30?,31-/m0/s1. The Morgan fingerprint density at radius 2 is 1.15 bits per heavy atom. The molecule has 0 bridgehead atoms. The van der Waals surface area contributed by atoms with E-state index in [1.165, 1.54) is 16.7 Å². The topological polar surface area (TPSA) is 128 Å². The van der Waals surface area contributed by atoms with Crippen LogP contribution >= 0.6 is 0 Å². The molecule has 52 heavy (non-hydrogen) atoms. The van der Waals surface area contributed by atoms with E-state index in [-0.39, 0.29) is 23.9 Å². The molecule has 0 radical (unpaired) electrons. The first kappa shape index (κ1) is 33.3. The number of nitrogens with two attached hydrogens (primary N) is 1. The number of nitrogen functional groups attached to an aromatic ring is 1. The lowest BCUT2D eigenvalue weighted by Crippen LogP contribution is -2.44. The SMILES string of the molecule is COc1cc2c(cc1OCCCCCOc1cc3c(cc1OC)C(=O)N1Cc4cc(N)ccc4C[C@H]1C=N3)N=CC1Cc3ccccc3CN1C2=O. The summed E-state index contributed by atoms with van der Waals surface area (Å²) in [5, 5.41) is 0. The van der Waals surface area contributed by atoms with Crippen LogP contribution in [0.1, 0.15) is 62.2 Å². The number of rotatable bonds is 10. The minimum absolute atomic E-state index is 0.0610. The molecule has 0 saturated carbocycles. The van der Waals surface area contributed by atoms with Gasteiger partial charge in [-0.2, -0.15) is 0 Å². The monoisotopic (exact) mass is 699 g/mol. The summed E-state index contributed by atoms with van der Waals surface area (Å²) >= 11 is 0. The van der Waals surface area contributed by atoms with Gasteiger partial charge in [0.15, 0.2) is 23.0 Å². The molecule has 8 rings (SSSR count). The highest BCUT2D eigenvalue weighted by atomic mass is 16.5. The highest BCUT2D eigenvalue weighted by Crippen LogP contribution is 2.40. The second-order valence-electron chi connectivity index (χ2n) is 13.6. The van der Waals surface area contributed by atoms with E-state index in [0.717, 1.165) is 31.2 Å². The Bertz CT molecular complexity index is 2110. The number of carbonyl (C=O) groups is 2. The first-order valence-corrected chi connectivity index (χ1v) is 17.7. The van der Waals surface area contributed by atoms with E-state index in [9.17, 15) is 9.59 Å². The van der Waals surface area contributed by atoms with E-state index >= 15 is 0 Å². The number of fused-ring (bicyclic) bond motifs is 6. The first-order chi connectivity index (χ1) is 25.4. The summed E-state index contributed by atoms with van der Waals surface area (Å²) in [6.07, 6.45) is 7.57. The van der Waals surface area contributed by atoms with Gasteiger partial charge < -0.3 is 34.5 Å². The number of benzene rings is 4. The van der Waals surface area contributed by atoms with Gasteiger partial charge in [-0.25, -0.2) is 0 Å². The number of amides is 2. The third-order valence-electron chi connectivity index (χ3n) is 10.3. The lowest BCUT2D eigenvalue weighted by Gasteiger charge is -2.34. The summed E-state index contributed by atoms with van der Waals surface area (Å²) < 4.78 is 23.6. The fraction of sp³-hybridized carbons (Fsp3) is 0.317. The minimum Gasteiger partial charge on any atom is -0.493 e. The van der Waals surface area contributed by atoms with Gasteiger partial charge in [0.25, 0.3) is 11.8 Å². The van der Waals surface area contributed by atoms with Crippen LogP contribution in [0.2, 0.25) is 0 Å². The number of carbonyl (C=O) groups excluding carboxylic acids is 2. The van der Waals surface area contributed by atoms with E-state index in [4.69, 9.17) is 34.7 Å². The Hall–Kier alpha value is -5.84. The Morgan fingerprint density at radius 3 is 1.71 bits per heavy atom. The normalized spacial score (nSPS) is 18.2. The van der Waals surface area contributed by atoms with Gasteiger partial charge in [-0.3, -0.25) is 19.6 Å². The summed E-state index contributed by atoms with van der Waals surface area (Å²) in [5.74, 6) is 1.93. The molecule has 1 unspecified atom stereocenters. The van der Waals surface area contributed by atoms with Crippen LogP contribution in [0, 0.1) is 0 Å². The summed E-state index contributed by atoms with van der Waals surface area (Å²) in [5.41, 5.74) is 13.5. The fourth-order valence-electron chi connectivity index (χ4n) is 7.47. The molecular weight excluding hydrogens is 658 g/mol. The average molecular weight is 700 g/mol. The Balaban J connectivity index is 0.864. The van der Waals surface area contributed by atoms with Gasteiger partial charge in [-0.1, -0.05) is 30.3 Å². The van der Waals surface area contributed by atoms with Crippen LogP contribution in [0.5, 0.6) is 23.0 Å². The predicted octanol–water partition coefficient (Wildman–Crippen LogP) is 6.48. The maximum absolute atomic E-state index is 13.7. The Kier molecular flexibility index (Phi) is 9.00. The van der Waals surface area contributed by atoms with Gasteiger partial charge in [-0.15, -0.1) is 0 Å². The van der Waals surface area contributed by atoms with E-state index in [2.05, 4.69) is 12.1 Å². The molecular formula is C41H41N5O6. The third kappa shape index (κ3) is 6.31. The fourth-order valence-corrected chi connectivity index (χ4v) is 7.47. The molecule has 2 amide bonds. The van der Waals surface area contributed by atoms with Crippen molar-refractivity contribution in [1.82, 2.24) is 9.80 Å². The maximum atomic E-state index is 13.7. The minimum atomic E-state index is -0.143. The van der Waals surface area contributed by atoms with E-state index in [1.807, 2.05) is 52.6 Å². The summed E-state index contributed by atoms with van der Waals surface area (Å²) in [6, 6.07) is 20.9. The van der Waals surface area contributed by atoms with Crippen LogP contribution in [-0.4, -0.2) is 73.6 Å². The van der Waals surface area contributed by atoms with Crippen molar-refractivity contribution < 1.29 is 28.5 Å². The molecule has 0 fully saturated rings. The Labute approximate surface area is 302 Å². The lowest BCUT2D eigenvalue weighted by molar-refractivity contribution is 0.0696. The van der Waals surface area contributed by atoms with Gasteiger partial charge in [0.2, 0.25) is 0 Å². The highest BCUT2D eigenvalue weighted by Gasteiger charge is 2.35. The quantitative estimate of drug-likeness (QED) is 0.148. The number of anilines is 1. The van der Waals surface area contributed by atoms with E-state index in [0.29, 0.717) is 83.9 Å². The highest BCUT2D eigenvalue weighted by molar-refractivity contribution is 6.04. The second kappa shape index (κ2) is 14.1. The summed E-state index contributed by atoms with van der Waals surface area (Å²) in [4.78, 5) is 40.6. The molecule has 11 heteroatoms. The van der Waals surface area contributed by atoms with Gasteiger partial charge >= 0.3 is 0 Å². The van der Waals surface area contributed by atoms with Crippen molar-refractivity contribution in [1.29, 1.82) is 0 Å². The number of aliphatic imine (C=N–C) groups is 2. The van der Waals surface area contributed by atoms with Gasteiger partial charge in [0.1, 0.15) is 0 Å². The van der Waals surface area contributed by atoms with E-state index in [1.54, 1.807) is 38.5 Å². The van der Waals surface area contributed by atoms with Crippen molar-refractivity contribution in [2.45, 2.75) is 57.3 Å². The van der Waals surface area contributed by atoms with Gasteiger partial charge in [0, 0.05) is 43.3 Å². The third-order valence-corrected chi connectivity index (χ3v) is 10.3.